The van der Waals surface area contributed by atoms with Gasteiger partial charge in [0.2, 0.25) is 0 Å². The largest absolute Gasteiger partial charge is 0.334 e. The van der Waals surface area contributed by atoms with Gasteiger partial charge in [0.15, 0.2) is 0 Å². The summed E-state index contributed by atoms with van der Waals surface area (Å²) in [5.41, 5.74) is 2.44. The number of aryl methyl sites for hydroxylation is 1. The third-order valence-corrected chi connectivity index (χ3v) is 5.25. The predicted molar refractivity (Wildman–Crippen MR) is 93.4 cm³/mol. The van der Waals surface area contributed by atoms with Crippen molar-refractivity contribution in [2.45, 2.75) is 51.6 Å². The molecule has 0 unspecified atom stereocenters. The van der Waals surface area contributed by atoms with Gasteiger partial charge in [-0.25, -0.2) is 4.79 Å². The first-order chi connectivity index (χ1) is 11.2. The lowest BCUT2D eigenvalue weighted by molar-refractivity contribution is 0.127. The predicted octanol–water partition coefficient (Wildman–Crippen LogP) is 3.15. The summed E-state index contributed by atoms with van der Waals surface area (Å²) in [6.07, 6.45) is 6.15. The molecule has 4 heteroatoms. The van der Waals surface area contributed by atoms with E-state index in [-0.39, 0.29) is 6.03 Å². The Labute approximate surface area is 139 Å². The molecule has 2 amide bonds. The maximum absolute atomic E-state index is 12.7. The summed E-state index contributed by atoms with van der Waals surface area (Å²) in [6, 6.07) is 8.76. The summed E-state index contributed by atoms with van der Waals surface area (Å²) in [5.74, 6) is 0. The van der Waals surface area contributed by atoms with Gasteiger partial charge in [0.05, 0.1) is 0 Å². The van der Waals surface area contributed by atoms with Crippen LogP contribution in [0.5, 0.6) is 0 Å². The molecular formula is C19H29N3O. The summed E-state index contributed by atoms with van der Waals surface area (Å²) in [5, 5.41) is 3.13. The Balaban J connectivity index is 1.56. The smallest absolute Gasteiger partial charge is 0.317 e. The molecule has 4 nitrogen and oxygen atoms in total. The van der Waals surface area contributed by atoms with Crippen LogP contribution in [0.25, 0.3) is 0 Å². The number of rotatable bonds is 4. The third-order valence-electron chi connectivity index (χ3n) is 5.25. The summed E-state index contributed by atoms with van der Waals surface area (Å²) in [4.78, 5) is 17.3. The summed E-state index contributed by atoms with van der Waals surface area (Å²) < 4.78 is 0. The van der Waals surface area contributed by atoms with Crippen LogP contribution in [-0.2, 0) is 6.54 Å². The van der Waals surface area contributed by atoms with Crippen LogP contribution >= 0.6 is 0 Å². The Morgan fingerprint density at radius 1 is 1.13 bits per heavy atom. The first kappa shape index (κ1) is 16.3. The van der Waals surface area contributed by atoms with Crippen molar-refractivity contribution < 1.29 is 4.79 Å². The molecule has 1 atom stereocenters. The van der Waals surface area contributed by atoms with Gasteiger partial charge < -0.3 is 15.1 Å². The molecule has 0 aromatic heterocycles. The van der Waals surface area contributed by atoms with Crippen molar-refractivity contribution in [3.05, 3.63) is 35.4 Å². The summed E-state index contributed by atoms with van der Waals surface area (Å²) in [6.45, 7) is 7.08. The number of piperidine rings is 1. The molecule has 2 aliphatic heterocycles. The van der Waals surface area contributed by atoms with Gasteiger partial charge in [-0.15, -0.1) is 0 Å². The van der Waals surface area contributed by atoms with E-state index >= 15 is 0 Å². The quantitative estimate of drug-likeness (QED) is 0.926. The van der Waals surface area contributed by atoms with E-state index in [2.05, 4.69) is 34.2 Å². The van der Waals surface area contributed by atoms with E-state index in [9.17, 15) is 4.79 Å². The van der Waals surface area contributed by atoms with E-state index < -0.39 is 0 Å². The van der Waals surface area contributed by atoms with Crippen LogP contribution < -0.4 is 5.32 Å². The number of urea groups is 1. The second-order valence-corrected chi connectivity index (χ2v) is 6.94. The maximum Gasteiger partial charge on any atom is 0.317 e. The maximum atomic E-state index is 12.7. The molecule has 0 spiro atoms. The second kappa shape index (κ2) is 7.82. The first-order valence-corrected chi connectivity index (χ1v) is 9.05. The zero-order chi connectivity index (χ0) is 16.1. The van der Waals surface area contributed by atoms with Crippen LogP contribution in [0.3, 0.4) is 0 Å². The Morgan fingerprint density at radius 3 is 2.65 bits per heavy atom. The SMILES string of the molecule is Cc1ccccc1CNC(=O)N1CCCC[C@@H]1CN1CCCC1. The van der Waals surface area contributed by atoms with Gasteiger partial charge in [-0.2, -0.15) is 0 Å². The van der Waals surface area contributed by atoms with Crippen molar-refractivity contribution in [1.29, 1.82) is 0 Å². The van der Waals surface area contributed by atoms with E-state index in [1.165, 1.54) is 43.5 Å². The molecule has 0 radical (unpaired) electrons. The highest BCUT2D eigenvalue weighted by Crippen LogP contribution is 2.20. The highest BCUT2D eigenvalue weighted by molar-refractivity contribution is 5.74. The monoisotopic (exact) mass is 315 g/mol. The van der Waals surface area contributed by atoms with Crippen molar-refractivity contribution in [1.82, 2.24) is 15.1 Å². The minimum absolute atomic E-state index is 0.108. The van der Waals surface area contributed by atoms with Crippen molar-refractivity contribution in [3.8, 4) is 0 Å². The van der Waals surface area contributed by atoms with Gasteiger partial charge in [-0.3, -0.25) is 0 Å². The molecule has 2 saturated heterocycles. The number of carbonyl (C=O) groups excluding carboxylic acids is 1. The van der Waals surface area contributed by atoms with E-state index in [0.717, 1.165) is 25.9 Å². The number of carbonyl (C=O) groups is 1. The Morgan fingerprint density at radius 2 is 1.87 bits per heavy atom. The van der Waals surface area contributed by atoms with E-state index in [4.69, 9.17) is 0 Å². The molecule has 126 valence electrons. The summed E-state index contributed by atoms with van der Waals surface area (Å²) >= 11 is 0. The number of likely N-dealkylation sites (tertiary alicyclic amines) is 2. The van der Waals surface area contributed by atoms with Gasteiger partial charge in [-0.1, -0.05) is 24.3 Å². The highest BCUT2D eigenvalue weighted by Gasteiger charge is 2.28. The van der Waals surface area contributed by atoms with Crippen molar-refractivity contribution in [2.75, 3.05) is 26.2 Å². The number of hydrogen-bond acceptors (Lipinski definition) is 2. The molecule has 0 aliphatic carbocycles. The van der Waals surface area contributed by atoms with Crippen LogP contribution in [0.1, 0.15) is 43.2 Å². The lowest BCUT2D eigenvalue weighted by Crippen LogP contribution is -2.52. The van der Waals surface area contributed by atoms with Crippen LogP contribution in [0.4, 0.5) is 4.79 Å². The molecule has 3 rings (SSSR count). The lowest BCUT2D eigenvalue weighted by Gasteiger charge is -2.37. The molecule has 2 heterocycles. The van der Waals surface area contributed by atoms with E-state index in [1.54, 1.807) is 0 Å². The topological polar surface area (TPSA) is 35.6 Å². The number of amides is 2. The first-order valence-electron chi connectivity index (χ1n) is 9.05. The zero-order valence-corrected chi connectivity index (χ0v) is 14.3. The van der Waals surface area contributed by atoms with Crippen LogP contribution in [0, 0.1) is 6.92 Å². The van der Waals surface area contributed by atoms with Gasteiger partial charge in [0.25, 0.3) is 0 Å². The standard InChI is InChI=1S/C19H29N3O/c1-16-8-2-3-9-17(16)14-20-19(23)22-13-5-4-10-18(22)15-21-11-6-7-12-21/h2-3,8-9,18H,4-7,10-15H2,1H3,(H,20,23)/t18-/m1/s1. The minimum Gasteiger partial charge on any atom is -0.334 e. The normalized spacial score (nSPS) is 22.3. The molecule has 1 N–H and O–H groups in total. The average molecular weight is 315 g/mol. The Bertz CT molecular complexity index is 525. The number of nitrogens with one attached hydrogen (secondary N) is 1. The molecule has 2 aliphatic rings. The third kappa shape index (κ3) is 4.25. The van der Waals surface area contributed by atoms with Crippen LogP contribution in [-0.4, -0.2) is 48.1 Å². The van der Waals surface area contributed by atoms with Gasteiger partial charge in [-0.05, 0) is 63.2 Å². The fraction of sp³-hybridized carbons (Fsp3) is 0.632. The lowest BCUT2D eigenvalue weighted by atomic mass is 10.0. The van der Waals surface area contributed by atoms with Crippen molar-refractivity contribution in [3.63, 3.8) is 0 Å². The Kier molecular flexibility index (Phi) is 5.55. The molecule has 1 aromatic rings. The summed E-state index contributed by atoms with van der Waals surface area (Å²) in [7, 11) is 0. The van der Waals surface area contributed by atoms with E-state index in [1.807, 2.05) is 12.1 Å². The highest BCUT2D eigenvalue weighted by atomic mass is 16.2. The van der Waals surface area contributed by atoms with E-state index in [0.29, 0.717) is 12.6 Å². The second-order valence-electron chi connectivity index (χ2n) is 6.94. The molecule has 0 bridgehead atoms. The molecule has 1 aromatic carbocycles. The van der Waals surface area contributed by atoms with Gasteiger partial charge in [0.1, 0.15) is 0 Å². The zero-order valence-electron chi connectivity index (χ0n) is 14.3. The average Bonchev–Trinajstić information content (AvgIpc) is 3.07. The molecule has 23 heavy (non-hydrogen) atoms. The van der Waals surface area contributed by atoms with Gasteiger partial charge in [0, 0.05) is 25.7 Å². The number of benzene rings is 1. The molecular weight excluding hydrogens is 286 g/mol. The number of nitrogens with zero attached hydrogens (tertiary/aromatic N) is 2. The fourth-order valence-corrected chi connectivity index (χ4v) is 3.80. The minimum atomic E-state index is 0.108. The molecule has 0 saturated carbocycles. The fourth-order valence-electron chi connectivity index (χ4n) is 3.80. The van der Waals surface area contributed by atoms with Crippen molar-refractivity contribution in [2.24, 2.45) is 0 Å². The van der Waals surface area contributed by atoms with Crippen LogP contribution in [0.15, 0.2) is 24.3 Å². The van der Waals surface area contributed by atoms with Gasteiger partial charge >= 0.3 is 6.03 Å². The van der Waals surface area contributed by atoms with Crippen molar-refractivity contribution >= 4 is 6.03 Å². The number of hydrogen-bond donors (Lipinski definition) is 1. The molecule has 2 fully saturated rings. The Hall–Kier alpha value is -1.55. The van der Waals surface area contributed by atoms with Crippen LogP contribution in [0.2, 0.25) is 0 Å².